The molecule has 5 rings (SSSR count). The minimum absolute atomic E-state index is 0.0539. The van der Waals surface area contributed by atoms with E-state index in [1.807, 2.05) is 24.3 Å². The van der Waals surface area contributed by atoms with Crippen LogP contribution in [0.5, 0.6) is 0 Å². The molecule has 0 spiro atoms. The molecule has 3 aromatic rings. The lowest BCUT2D eigenvalue weighted by molar-refractivity contribution is 0.0857. The molecule has 2 fully saturated rings. The summed E-state index contributed by atoms with van der Waals surface area (Å²) >= 11 is 1.62. The Bertz CT molecular complexity index is 1300. The highest BCUT2D eigenvalue weighted by Gasteiger charge is 2.21. The third-order valence-electron chi connectivity index (χ3n) is 7.56. The van der Waals surface area contributed by atoms with E-state index in [1.165, 1.54) is 5.56 Å². The summed E-state index contributed by atoms with van der Waals surface area (Å²) in [6.45, 7) is 10.4. The lowest BCUT2D eigenvalue weighted by atomic mass is 10.1. The predicted octanol–water partition coefficient (Wildman–Crippen LogP) is 5.13. The molecule has 2 saturated heterocycles. The summed E-state index contributed by atoms with van der Waals surface area (Å²) in [4.78, 5) is 27.3. The maximum atomic E-state index is 12.7. The lowest BCUT2D eigenvalue weighted by Crippen LogP contribution is -2.47. The van der Waals surface area contributed by atoms with Crippen LogP contribution in [0.4, 0.5) is 5.82 Å². The number of nitrogens with zero attached hydrogens (tertiary/aromatic N) is 4. The molecule has 2 aromatic carbocycles. The topological polar surface area (TPSA) is 70.6 Å². The van der Waals surface area contributed by atoms with Gasteiger partial charge in [0.15, 0.2) is 5.16 Å². The molecule has 2 aliphatic rings. The standard InChI is InChI=1S/C32H39N5O2S/c1-24-25(2)34-32(40-23-27-11-6-13-28(21-27)31(38)33-22-29-14-8-20-39-29)35-30(24)37-18-16-36(17-19-37)15-7-12-26-9-4-3-5-10-26/h3-7,9-13,21,29H,8,14-20,22-23H2,1-2H3,(H,33,38)/b12-7+. The van der Waals surface area contributed by atoms with E-state index in [-0.39, 0.29) is 12.0 Å². The zero-order chi connectivity index (χ0) is 27.7. The van der Waals surface area contributed by atoms with Crippen LogP contribution >= 0.6 is 11.8 Å². The van der Waals surface area contributed by atoms with E-state index in [4.69, 9.17) is 14.7 Å². The monoisotopic (exact) mass is 557 g/mol. The van der Waals surface area contributed by atoms with Gasteiger partial charge < -0.3 is 15.0 Å². The quantitative estimate of drug-likeness (QED) is 0.274. The Balaban J connectivity index is 1.15. The van der Waals surface area contributed by atoms with Gasteiger partial charge in [0.05, 0.1) is 6.10 Å². The normalized spacial score (nSPS) is 17.9. The van der Waals surface area contributed by atoms with Gasteiger partial charge in [-0.3, -0.25) is 9.69 Å². The molecule has 0 radical (unpaired) electrons. The fraction of sp³-hybridized carbons (Fsp3) is 0.406. The first-order chi connectivity index (χ1) is 19.5. The molecule has 3 heterocycles. The van der Waals surface area contributed by atoms with Gasteiger partial charge in [-0.15, -0.1) is 0 Å². The Labute approximate surface area is 242 Å². The molecule has 1 amide bonds. The van der Waals surface area contributed by atoms with Crippen LogP contribution in [-0.2, 0) is 10.5 Å². The second-order valence-corrected chi connectivity index (χ2v) is 11.4. The molecule has 40 heavy (non-hydrogen) atoms. The number of thioether (sulfide) groups is 1. The van der Waals surface area contributed by atoms with Crippen LogP contribution in [0.15, 0.2) is 65.8 Å². The predicted molar refractivity (Wildman–Crippen MR) is 163 cm³/mol. The number of benzene rings is 2. The summed E-state index contributed by atoms with van der Waals surface area (Å²) in [6.07, 6.45) is 6.66. The summed E-state index contributed by atoms with van der Waals surface area (Å²) in [6, 6.07) is 18.3. The van der Waals surface area contributed by atoms with E-state index in [1.54, 1.807) is 11.8 Å². The lowest BCUT2D eigenvalue weighted by Gasteiger charge is -2.35. The minimum atomic E-state index is -0.0539. The maximum Gasteiger partial charge on any atom is 0.251 e. The van der Waals surface area contributed by atoms with E-state index >= 15 is 0 Å². The summed E-state index contributed by atoms with van der Waals surface area (Å²) < 4.78 is 5.62. The number of rotatable bonds is 10. The van der Waals surface area contributed by atoms with Crippen molar-refractivity contribution in [3.05, 3.63) is 88.6 Å². The van der Waals surface area contributed by atoms with Gasteiger partial charge in [-0.1, -0.05) is 66.4 Å². The van der Waals surface area contributed by atoms with Crippen LogP contribution in [0.2, 0.25) is 0 Å². The van der Waals surface area contributed by atoms with Gasteiger partial charge in [-0.05, 0) is 49.9 Å². The fourth-order valence-electron chi connectivity index (χ4n) is 5.07. The molecule has 7 nitrogen and oxygen atoms in total. The van der Waals surface area contributed by atoms with Gasteiger partial charge in [0.1, 0.15) is 5.82 Å². The number of hydrogen-bond acceptors (Lipinski definition) is 7. The molecule has 0 aliphatic carbocycles. The Hall–Kier alpha value is -3.20. The molecule has 1 aromatic heterocycles. The van der Waals surface area contributed by atoms with Gasteiger partial charge >= 0.3 is 0 Å². The van der Waals surface area contributed by atoms with Crippen LogP contribution in [0, 0.1) is 13.8 Å². The van der Waals surface area contributed by atoms with E-state index in [0.717, 1.165) is 80.0 Å². The number of carbonyl (C=O) groups is 1. The first-order valence-corrected chi connectivity index (χ1v) is 15.2. The van der Waals surface area contributed by atoms with Crippen molar-refractivity contribution in [2.24, 2.45) is 0 Å². The molecule has 1 unspecified atom stereocenters. The van der Waals surface area contributed by atoms with Gasteiger partial charge in [0, 0.05) is 68.4 Å². The Morgan fingerprint density at radius 1 is 1.07 bits per heavy atom. The maximum absolute atomic E-state index is 12.7. The van der Waals surface area contributed by atoms with E-state index < -0.39 is 0 Å². The summed E-state index contributed by atoms with van der Waals surface area (Å²) in [5.41, 5.74) is 5.15. The average molecular weight is 558 g/mol. The number of anilines is 1. The SMILES string of the molecule is Cc1nc(SCc2cccc(C(=O)NCC3CCCO3)c2)nc(N2CCN(C/C=C/c3ccccc3)CC2)c1C. The Kier molecular flexibility index (Phi) is 9.86. The summed E-state index contributed by atoms with van der Waals surface area (Å²) in [7, 11) is 0. The second-order valence-electron chi connectivity index (χ2n) is 10.5. The fourth-order valence-corrected chi connectivity index (χ4v) is 5.90. The zero-order valence-corrected chi connectivity index (χ0v) is 24.3. The highest BCUT2D eigenvalue weighted by Crippen LogP contribution is 2.27. The van der Waals surface area contributed by atoms with Crippen molar-refractivity contribution >= 4 is 29.6 Å². The van der Waals surface area contributed by atoms with Crippen molar-refractivity contribution in [1.82, 2.24) is 20.2 Å². The minimum Gasteiger partial charge on any atom is -0.376 e. The molecule has 0 saturated carbocycles. The molecule has 210 valence electrons. The molecule has 8 heteroatoms. The van der Waals surface area contributed by atoms with Crippen LogP contribution in [0.25, 0.3) is 6.08 Å². The van der Waals surface area contributed by atoms with Crippen LogP contribution in [-0.4, -0.2) is 72.8 Å². The number of ether oxygens (including phenoxy) is 1. The van der Waals surface area contributed by atoms with Gasteiger partial charge in [-0.25, -0.2) is 9.97 Å². The van der Waals surface area contributed by atoms with Crippen molar-refractivity contribution in [2.75, 3.05) is 50.8 Å². The number of nitrogens with one attached hydrogen (secondary N) is 1. The number of aryl methyl sites for hydroxylation is 1. The van der Waals surface area contributed by atoms with E-state index in [0.29, 0.717) is 17.9 Å². The molecular formula is C32H39N5O2S. The molecule has 2 aliphatic heterocycles. The Morgan fingerprint density at radius 3 is 2.67 bits per heavy atom. The van der Waals surface area contributed by atoms with Crippen LogP contribution in [0.1, 0.15) is 45.6 Å². The summed E-state index contributed by atoms with van der Waals surface area (Å²) in [5, 5.41) is 3.79. The van der Waals surface area contributed by atoms with Gasteiger partial charge in [-0.2, -0.15) is 0 Å². The van der Waals surface area contributed by atoms with Crippen molar-refractivity contribution in [1.29, 1.82) is 0 Å². The van der Waals surface area contributed by atoms with Crippen LogP contribution < -0.4 is 10.2 Å². The summed E-state index contributed by atoms with van der Waals surface area (Å²) in [5.74, 6) is 1.69. The molecule has 0 bridgehead atoms. The highest BCUT2D eigenvalue weighted by atomic mass is 32.2. The van der Waals surface area contributed by atoms with Crippen molar-refractivity contribution in [3.63, 3.8) is 0 Å². The van der Waals surface area contributed by atoms with Crippen molar-refractivity contribution < 1.29 is 9.53 Å². The average Bonchev–Trinajstić information content (AvgIpc) is 3.51. The smallest absolute Gasteiger partial charge is 0.251 e. The van der Waals surface area contributed by atoms with Gasteiger partial charge in [0.2, 0.25) is 0 Å². The third kappa shape index (κ3) is 7.71. The Morgan fingerprint density at radius 2 is 1.90 bits per heavy atom. The van der Waals surface area contributed by atoms with Crippen molar-refractivity contribution in [2.45, 2.75) is 43.7 Å². The van der Waals surface area contributed by atoms with E-state index in [9.17, 15) is 4.79 Å². The van der Waals surface area contributed by atoms with Crippen molar-refractivity contribution in [3.8, 4) is 0 Å². The highest BCUT2D eigenvalue weighted by molar-refractivity contribution is 7.98. The number of amides is 1. The number of carbonyl (C=O) groups excluding carboxylic acids is 1. The third-order valence-corrected chi connectivity index (χ3v) is 8.48. The van der Waals surface area contributed by atoms with Crippen LogP contribution in [0.3, 0.4) is 0 Å². The number of piperazine rings is 1. The zero-order valence-electron chi connectivity index (χ0n) is 23.5. The first-order valence-electron chi connectivity index (χ1n) is 14.2. The molecule has 1 atom stereocenters. The molecular weight excluding hydrogens is 518 g/mol. The number of aromatic nitrogens is 2. The van der Waals surface area contributed by atoms with E-state index in [2.05, 4.69) is 71.4 Å². The second kappa shape index (κ2) is 13.9. The molecule has 1 N–H and O–H groups in total. The number of hydrogen-bond donors (Lipinski definition) is 1. The first kappa shape index (κ1) is 28.3. The van der Waals surface area contributed by atoms with Gasteiger partial charge in [0.25, 0.3) is 5.91 Å². The largest absolute Gasteiger partial charge is 0.376 e.